The standard InChI is InChI=1S/C17H17N3/c1-18-16(13-7-3-2-4-8-13)11-17-15-10-6-5-9-14(15)12-19-20-17/h2-10,12,16,18H,11H2,1H3. The summed E-state index contributed by atoms with van der Waals surface area (Å²) in [7, 11) is 1.98. The van der Waals surface area contributed by atoms with Crippen LogP contribution in [0.25, 0.3) is 10.8 Å². The zero-order valence-corrected chi connectivity index (χ0v) is 11.5. The van der Waals surface area contributed by atoms with E-state index in [-0.39, 0.29) is 6.04 Å². The van der Waals surface area contributed by atoms with Crippen LogP contribution >= 0.6 is 0 Å². The van der Waals surface area contributed by atoms with Crippen molar-refractivity contribution >= 4 is 10.8 Å². The second-order valence-electron chi connectivity index (χ2n) is 4.83. The van der Waals surface area contributed by atoms with Crippen molar-refractivity contribution in [3.8, 4) is 0 Å². The number of aromatic nitrogens is 2. The number of rotatable bonds is 4. The first-order valence-corrected chi connectivity index (χ1v) is 6.80. The molecule has 1 atom stereocenters. The minimum atomic E-state index is 0.247. The molecule has 0 spiro atoms. The molecular formula is C17H17N3. The second kappa shape index (κ2) is 5.80. The average molecular weight is 263 g/mol. The van der Waals surface area contributed by atoms with Crippen LogP contribution in [0.2, 0.25) is 0 Å². The van der Waals surface area contributed by atoms with Gasteiger partial charge in [0.25, 0.3) is 0 Å². The van der Waals surface area contributed by atoms with E-state index in [0.29, 0.717) is 0 Å². The second-order valence-corrected chi connectivity index (χ2v) is 4.83. The Morgan fingerprint density at radius 3 is 2.55 bits per heavy atom. The van der Waals surface area contributed by atoms with E-state index in [9.17, 15) is 0 Å². The molecule has 20 heavy (non-hydrogen) atoms. The molecule has 3 aromatic rings. The van der Waals surface area contributed by atoms with Gasteiger partial charge < -0.3 is 5.32 Å². The highest BCUT2D eigenvalue weighted by atomic mass is 15.1. The van der Waals surface area contributed by atoms with E-state index in [4.69, 9.17) is 0 Å². The Morgan fingerprint density at radius 2 is 1.75 bits per heavy atom. The van der Waals surface area contributed by atoms with Crippen LogP contribution in [0.3, 0.4) is 0 Å². The summed E-state index contributed by atoms with van der Waals surface area (Å²) in [6.45, 7) is 0. The monoisotopic (exact) mass is 263 g/mol. The van der Waals surface area contributed by atoms with Gasteiger partial charge in [-0.3, -0.25) is 0 Å². The number of hydrogen-bond donors (Lipinski definition) is 1. The first-order chi connectivity index (χ1) is 9.88. The van der Waals surface area contributed by atoms with Gasteiger partial charge in [0.05, 0.1) is 11.9 Å². The summed E-state index contributed by atoms with van der Waals surface area (Å²) in [4.78, 5) is 0. The third-order valence-corrected chi connectivity index (χ3v) is 3.59. The lowest BCUT2D eigenvalue weighted by molar-refractivity contribution is 0.583. The van der Waals surface area contributed by atoms with Gasteiger partial charge in [0.15, 0.2) is 0 Å². The van der Waals surface area contributed by atoms with Gasteiger partial charge in [-0.15, -0.1) is 0 Å². The maximum absolute atomic E-state index is 4.33. The maximum Gasteiger partial charge on any atom is 0.0728 e. The SMILES string of the molecule is CNC(Cc1nncc2ccccc12)c1ccccc1. The van der Waals surface area contributed by atoms with Gasteiger partial charge in [-0.2, -0.15) is 10.2 Å². The Labute approximate surface area is 118 Å². The lowest BCUT2D eigenvalue weighted by Gasteiger charge is -2.16. The quantitative estimate of drug-likeness (QED) is 0.786. The molecule has 0 amide bonds. The van der Waals surface area contributed by atoms with Crippen molar-refractivity contribution in [1.82, 2.24) is 15.5 Å². The summed E-state index contributed by atoms with van der Waals surface area (Å²) in [5, 5.41) is 14.1. The average Bonchev–Trinajstić information content (AvgIpc) is 2.53. The van der Waals surface area contributed by atoms with Crippen LogP contribution in [0, 0.1) is 0 Å². The normalized spacial score (nSPS) is 12.4. The fraction of sp³-hybridized carbons (Fsp3) is 0.176. The highest BCUT2D eigenvalue weighted by Crippen LogP contribution is 2.22. The number of hydrogen-bond acceptors (Lipinski definition) is 3. The van der Waals surface area contributed by atoms with Gasteiger partial charge in [0.2, 0.25) is 0 Å². The molecule has 0 saturated carbocycles. The number of nitrogens with one attached hydrogen (secondary N) is 1. The molecule has 0 aliphatic rings. The van der Waals surface area contributed by atoms with Gasteiger partial charge in [-0.05, 0) is 12.6 Å². The fourth-order valence-electron chi connectivity index (χ4n) is 2.50. The van der Waals surface area contributed by atoms with Crippen LogP contribution in [0.4, 0.5) is 0 Å². The molecule has 0 aliphatic carbocycles. The molecule has 1 unspecified atom stereocenters. The summed E-state index contributed by atoms with van der Waals surface area (Å²) in [5.74, 6) is 0. The molecule has 2 aromatic carbocycles. The zero-order valence-electron chi connectivity index (χ0n) is 11.5. The number of nitrogens with zero attached hydrogens (tertiary/aromatic N) is 2. The van der Waals surface area contributed by atoms with Crippen molar-refractivity contribution in [2.45, 2.75) is 12.5 Å². The highest BCUT2D eigenvalue weighted by Gasteiger charge is 2.12. The van der Waals surface area contributed by atoms with E-state index in [1.807, 2.05) is 31.4 Å². The van der Waals surface area contributed by atoms with E-state index >= 15 is 0 Å². The largest absolute Gasteiger partial charge is 0.313 e. The summed E-state index contributed by atoms with van der Waals surface area (Å²) in [6.07, 6.45) is 2.64. The minimum absolute atomic E-state index is 0.247. The number of benzene rings is 2. The Kier molecular flexibility index (Phi) is 3.70. The van der Waals surface area contributed by atoms with Crippen molar-refractivity contribution in [2.75, 3.05) is 7.05 Å². The number of fused-ring (bicyclic) bond motifs is 1. The molecule has 3 nitrogen and oxygen atoms in total. The molecule has 3 rings (SSSR count). The van der Waals surface area contributed by atoms with Crippen molar-refractivity contribution in [3.63, 3.8) is 0 Å². The van der Waals surface area contributed by atoms with Crippen LogP contribution in [-0.4, -0.2) is 17.2 Å². The summed E-state index contributed by atoms with van der Waals surface area (Å²) in [5.41, 5.74) is 2.30. The number of likely N-dealkylation sites (N-methyl/N-ethyl adjacent to an activating group) is 1. The summed E-state index contributed by atoms with van der Waals surface area (Å²) < 4.78 is 0. The predicted octanol–water partition coefficient (Wildman–Crippen LogP) is 3.13. The summed E-state index contributed by atoms with van der Waals surface area (Å²) in [6, 6.07) is 18.9. The minimum Gasteiger partial charge on any atom is -0.313 e. The van der Waals surface area contributed by atoms with Crippen molar-refractivity contribution in [2.24, 2.45) is 0 Å². The third-order valence-electron chi connectivity index (χ3n) is 3.59. The van der Waals surface area contributed by atoms with Crippen LogP contribution in [0.1, 0.15) is 17.3 Å². The van der Waals surface area contributed by atoms with Crippen LogP contribution in [0.5, 0.6) is 0 Å². The van der Waals surface area contributed by atoms with Gasteiger partial charge in [0.1, 0.15) is 0 Å². The molecular weight excluding hydrogens is 246 g/mol. The molecule has 0 radical (unpaired) electrons. The van der Waals surface area contributed by atoms with E-state index in [1.54, 1.807) is 0 Å². The first-order valence-electron chi connectivity index (χ1n) is 6.80. The molecule has 1 aromatic heterocycles. The van der Waals surface area contributed by atoms with Gasteiger partial charge in [-0.1, -0.05) is 54.6 Å². The predicted molar refractivity (Wildman–Crippen MR) is 81.5 cm³/mol. The Hall–Kier alpha value is -2.26. The Balaban J connectivity index is 1.96. The molecule has 0 fully saturated rings. The molecule has 3 heteroatoms. The highest BCUT2D eigenvalue weighted by molar-refractivity contribution is 5.83. The topological polar surface area (TPSA) is 37.8 Å². The molecule has 0 bridgehead atoms. The Bertz CT molecular complexity index is 689. The van der Waals surface area contributed by atoms with E-state index in [0.717, 1.165) is 17.5 Å². The molecule has 100 valence electrons. The van der Waals surface area contributed by atoms with Crippen molar-refractivity contribution in [3.05, 3.63) is 72.1 Å². The zero-order chi connectivity index (χ0) is 13.8. The smallest absolute Gasteiger partial charge is 0.0728 e. The summed E-state index contributed by atoms with van der Waals surface area (Å²) >= 11 is 0. The lowest BCUT2D eigenvalue weighted by Crippen LogP contribution is -2.19. The molecule has 1 N–H and O–H groups in total. The van der Waals surface area contributed by atoms with E-state index < -0.39 is 0 Å². The lowest BCUT2D eigenvalue weighted by atomic mass is 9.99. The van der Waals surface area contributed by atoms with Gasteiger partial charge in [-0.25, -0.2) is 0 Å². The maximum atomic E-state index is 4.33. The Morgan fingerprint density at radius 1 is 1.00 bits per heavy atom. The first kappa shape index (κ1) is 12.8. The van der Waals surface area contributed by atoms with Crippen LogP contribution < -0.4 is 5.32 Å². The van der Waals surface area contributed by atoms with E-state index in [1.165, 1.54) is 10.9 Å². The molecule has 0 aliphatic heterocycles. The molecule has 0 saturated heterocycles. The van der Waals surface area contributed by atoms with Gasteiger partial charge >= 0.3 is 0 Å². The van der Waals surface area contributed by atoms with Crippen LogP contribution in [0.15, 0.2) is 60.8 Å². The fourth-order valence-corrected chi connectivity index (χ4v) is 2.50. The van der Waals surface area contributed by atoms with Crippen LogP contribution in [-0.2, 0) is 6.42 Å². The molecule has 1 heterocycles. The van der Waals surface area contributed by atoms with Crippen molar-refractivity contribution in [1.29, 1.82) is 0 Å². The third kappa shape index (κ3) is 2.53. The van der Waals surface area contributed by atoms with Gasteiger partial charge in [0, 0.05) is 23.2 Å². The van der Waals surface area contributed by atoms with E-state index in [2.05, 4.69) is 51.9 Å². The van der Waals surface area contributed by atoms with Crippen molar-refractivity contribution < 1.29 is 0 Å².